The van der Waals surface area contributed by atoms with Gasteiger partial charge in [0.15, 0.2) is 11.0 Å². The maximum absolute atomic E-state index is 11.7. The van der Waals surface area contributed by atoms with Crippen molar-refractivity contribution in [3.05, 3.63) is 68.7 Å². The smallest absolute Gasteiger partial charge is 0.251 e. The first kappa shape index (κ1) is 17.7. The molecule has 0 aliphatic carbocycles. The number of halogens is 1. The molecule has 3 aromatic rings. The van der Waals surface area contributed by atoms with Gasteiger partial charge in [-0.15, -0.1) is 0 Å². The largest absolute Gasteiger partial charge is 0.338 e. The number of aromatic amines is 1. The van der Waals surface area contributed by atoms with Crippen LogP contribution in [0.2, 0.25) is 5.02 Å². The van der Waals surface area contributed by atoms with Crippen LogP contribution in [0.1, 0.15) is 36.3 Å². The molecular formula is C17H17ClN4O2S. The Labute approximate surface area is 154 Å². The minimum atomic E-state index is -0.145. The van der Waals surface area contributed by atoms with Crippen LogP contribution in [0.4, 0.5) is 0 Å². The highest BCUT2D eigenvalue weighted by atomic mass is 35.5. The van der Waals surface area contributed by atoms with Gasteiger partial charge >= 0.3 is 0 Å². The topological polar surface area (TPSA) is 84.7 Å². The lowest BCUT2D eigenvalue weighted by Crippen LogP contribution is -2.10. The Bertz CT molecular complexity index is 909. The van der Waals surface area contributed by atoms with E-state index in [9.17, 15) is 4.79 Å². The minimum absolute atomic E-state index is 0.145. The Morgan fingerprint density at radius 3 is 2.96 bits per heavy atom. The molecule has 0 radical (unpaired) electrons. The van der Waals surface area contributed by atoms with Crippen LogP contribution in [0.3, 0.4) is 0 Å². The van der Waals surface area contributed by atoms with E-state index in [0.717, 1.165) is 24.1 Å². The first-order valence-electron chi connectivity index (χ1n) is 7.91. The summed E-state index contributed by atoms with van der Waals surface area (Å²) in [6, 6.07) is 9.08. The maximum Gasteiger partial charge on any atom is 0.251 e. The predicted octanol–water partition coefficient (Wildman–Crippen LogP) is 3.64. The van der Waals surface area contributed by atoms with Crippen LogP contribution < -0.4 is 5.56 Å². The van der Waals surface area contributed by atoms with Crippen LogP contribution in [-0.2, 0) is 18.6 Å². The average molecular weight is 377 g/mol. The zero-order valence-electron chi connectivity index (χ0n) is 13.7. The molecule has 130 valence electrons. The lowest BCUT2D eigenvalue weighted by Gasteiger charge is -2.01. The van der Waals surface area contributed by atoms with Crippen molar-refractivity contribution >= 4 is 23.4 Å². The maximum atomic E-state index is 11.7. The number of hydrogen-bond donors (Lipinski definition) is 1. The summed E-state index contributed by atoms with van der Waals surface area (Å²) in [7, 11) is 0. The molecule has 1 N–H and O–H groups in total. The van der Waals surface area contributed by atoms with E-state index in [-0.39, 0.29) is 5.56 Å². The SMILES string of the molecule is CCCc1cc(=O)[nH]c(SCc2nc(Cc3cccc(Cl)c3)no2)n1. The summed E-state index contributed by atoms with van der Waals surface area (Å²) < 4.78 is 5.26. The molecule has 2 heterocycles. The van der Waals surface area contributed by atoms with Gasteiger partial charge in [0.05, 0.1) is 5.75 Å². The minimum Gasteiger partial charge on any atom is -0.338 e. The van der Waals surface area contributed by atoms with E-state index >= 15 is 0 Å². The third kappa shape index (κ3) is 5.17. The number of thioether (sulfide) groups is 1. The van der Waals surface area contributed by atoms with Crippen molar-refractivity contribution in [3.8, 4) is 0 Å². The molecule has 2 aromatic heterocycles. The molecule has 0 unspecified atom stereocenters. The summed E-state index contributed by atoms with van der Waals surface area (Å²) >= 11 is 7.34. The van der Waals surface area contributed by atoms with E-state index in [4.69, 9.17) is 16.1 Å². The Kier molecular flexibility index (Phi) is 5.88. The van der Waals surface area contributed by atoms with Crippen LogP contribution in [0.25, 0.3) is 0 Å². The van der Waals surface area contributed by atoms with E-state index in [1.807, 2.05) is 24.3 Å². The van der Waals surface area contributed by atoms with Crippen molar-refractivity contribution < 1.29 is 4.52 Å². The molecule has 1 aromatic carbocycles. The second-order valence-corrected chi connectivity index (χ2v) is 6.89. The number of rotatable bonds is 7. The Balaban J connectivity index is 1.63. The normalized spacial score (nSPS) is 11.0. The Morgan fingerprint density at radius 1 is 1.28 bits per heavy atom. The lowest BCUT2D eigenvalue weighted by atomic mass is 10.1. The van der Waals surface area contributed by atoms with Gasteiger partial charge < -0.3 is 9.51 Å². The fraction of sp³-hybridized carbons (Fsp3) is 0.294. The number of aromatic nitrogens is 4. The van der Waals surface area contributed by atoms with Gasteiger partial charge in [-0.1, -0.05) is 54.0 Å². The van der Waals surface area contributed by atoms with Crippen LogP contribution in [-0.4, -0.2) is 20.1 Å². The highest BCUT2D eigenvalue weighted by molar-refractivity contribution is 7.98. The second kappa shape index (κ2) is 8.31. The monoisotopic (exact) mass is 376 g/mol. The van der Waals surface area contributed by atoms with Crippen molar-refractivity contribution in [2.24, 2.45) is 0 Å². The van der Waals surface area contributed by atoms with Gasteiger partial charge in [0.25, 0.3) is 5.56 Å². The van der Waals surface area contributed by atoms with Gasteiger partial charge in [-0.3, -0.25) is 4.79 Å². The van der Waals surface area contributed by atoms with Crippen molar-refractivity contribution in [1.29, 1.82) is 0 Å². The lowest BCUT2D eigenvalue weighted by molar-refractivity contribution is 0.385. The van der Waals surface area contributed by atoms with Gasteiger partial charge in [-0.05, 0) is 24.1 Å². The molecule has 0 bridgehead atoms. The number of benzene rings is 1. The summed E-state index contributed by atoms with van der Waals surface area (Å²) in [6.45, 7) is 2.05. The van der Waals surface area contributed by atoms with Gasteiger partial charge in [0.1, 0.15) is 0 Å². The quantitative estimate of drug-likeness (QED) is 0.500. The van der Waals surface area contributed by atoms with Crippen molar-refractivity contribution in [3.63, 3.8) is 0 Å². The van der Waals surface area contributed by atoms with E-state index in [1.54, 1.807) is 0 Å². The highest BCUT2D eigenvalue weighted by Crippen LogP contribution is 2.19. The van der Waals surface area contributed by atoms with Crippen LogP contribution in [0.15, 0.2) is 44.8 Å². The average Bonchev–Trinajstić information content (AvgIpc) is 3.00. The standard InChI is InChI=1S/C17H17ClN4O2S/c1-2-4-13-9-15(23)21-17(19-13)25-10-16-20-14(22-24-16)8-11-5-3-6-12(18)7-11/h3,5-7,9H,2,4,8,10H2,1H3,(H,19,21,23). The predicted molar refractivity (Wildman–Crippen MR) is 97.0 cm³/mol. The summed E-state index contributed by atoms with van der Waals surface area (Å²) in [4.78, 5) is 23.2. The Hall–Kier alpha value is -2.12. The number of hydrogen-bond acceptors (Lipinski definition) is 6. The number of aryl methyl sites for hydroxylation is 1. The Morgan fingerprint density at radius 2 is 2.16 bits per heavy atom. The van der Waals surface area contributed by atoms with Gasteiger partial charge in [-0.25, -0.2) is 4.98 Å². The van der Waals surface area contributed by atoms with Crippen LogP contribution >= 0.6 is 23.4 Å². The molecule has 0 aliphatic rings. The van der Waals surface area contributed by atoms with Gasteiger partial charge in [0, 0.05) is 23.2 Å². The van der Waals surface area contributed by atoms with E-state index in [1.165, 1.54) is 17.8 Å². The first-order valence-corrected chi connectivity index (χ1v) is 9.27. The van der Waals surface area contributed by atoms with Crippen molar-refractivity contribution in [2.45, 2.75) is 37.1 Å². The second-order valence-electron chi connectivity index (χ2n) is 5.49. The fourth-order valence-corrected chi connectivity index (χ4v) is 3.26. The molecule has 0 saturated carbocycles. The molecular weight excluding hydrogens is 360 g/mol. The number of nitrogens with one attached hydrogen (secondary N) is 1. The van der Waals surface area contributed by atoms with E-state index in [2.05, 4.69) is 27.0 Å². The third-order valence-electron chi connectivity index (χ3n) is 3.37. The molecule has 3 rings (SSSR count). The zero-order chi connectivity index (χ0) is 17.6. The molecule has 25 heavy (non-hydrogen) atoms. The van der Waals surface area contributed by atoms with Crippen LogP contribution in [0.5, 0.6) is 0 Å². The van der Waals surface area contributed by atoms with E-state index < -0.39 is 0 Å². The third-order valence-corrected chi connectivity index (χ3v) is 4.47. The number of nitrogens with zero attached hydrogens (tertiary/aromatic N) is 3. The summed E-state index contributed by atoms with van der Waals surface area (Å²) in [5.41, 5.74) is 1.67. The molecule has 6 nitrogen and oxygen atoms in total. The summed E-state index contributed by atoms with van der Waals surface area (Å²) in [5, 5.41) is 5.22. The molecule has 0 spiro atoms. The molecule has 0 saturated heterocycles. The summed E-state index contributed by atoms with van der Waals surface area (Å²) in [5.74, 6) is 1.53. The van der Waals surface area contributed by atoms with Gasteiger partial charge in [0.2, 0.25) is 5.89 Å². The molecule has 0 amide bonds. The van der Waals surface area contributed by atoms with Crippen LogP contribution in [0, 0.1) is 0 Å². The highest BCUT2D eigenvalue weighted by Gasteiger charge is 2.10. The first-order chi connectivity index (χ1) is 12.1. The molecule has 0 aliphatic heterocycles. The van der Waals surface area contributed by atoms with Gasteiger partial charge in [-0.2, -0.15) is 4.98 Å². The molecule has 8 heteroatoms. The van der Waals surface area contributed by atoms with E-state index in [0.29, 0.717) is 34.1 Å². The van der Waals surface area contributed by atoms with Crippen molar-refractivity contribution in [1.82, 2.24) is 20.1 Å². The van der Waals surface area contributed by atoms with Crippen molar-refractivity contribution in [2.75, 3.05) is 0 Å². The fourth-order valence-electron chi connectivity index (χ4n) is 2.32. The summed E-state index contributed by atoms with van der Waals surface area (Å²) in [6.07, 6.45) is 2.27. The molecule has 0 fully saturated rings. The zero-order valence-corrected chi connectivity index (χ0v) is 15.2. The number of H-pyrrole nitrogens is 1. The molecule has 0 atom stereocenters.